The van der Waals surface area contributed by atoms with Crippen LogP contribution in [0.3, 0.4) is 0 Å². The first-order valence-electron chi connectivity index (χ1n) is 17.1. The molecule has 0 unspecified atom stereocenters. The van der Waals surface area contributed by atoms with E-state index in [4.69, 9.17) is 32.8 Å². The molecule has 0 saturated carbocycles. The van der Waals surface area contributed by atoms with Gasteiger partial charge in [-0.25, -0.2) is 0 Å². The molecule has 3 heterocycles. The van der Waals surface area contributed by atoms with E-state index in [2.05, 4.69) is 0 Å². The summed E-state index contributed by atoms with van der Waals surface area (Å²) in [6.45, 7) is 0.0840. The maximum absolute atomic E-state index is 12.9. The molecule has 298 valence electrons. The first-order chi connectivity index (χ1) is 26.7. The quantitative estimate of drug-likeness (QED) is 0.0564. The molecule has 9 N–H and O–H groups in total. The molecule has 6 rings (SSSR count). The topological polar surface area (TPSA) is 286 Å². The second kappa shape index (κ2) is 17.1. The van der Waals surface area contributed by atoms with E-state index in [1.165, 1.54) is 54.6 Å². The number of aromatic hydroxyl groups is 2. The van der Waals surface area contributed by atoms with E-state index < -0.39 is 92.0 Å². The highest BCUT2D eigenvalue weighted by Crippen LogP contribution is 2.43. The van der Waals surface area contributed by atoms with E-state index in [0.717, 1.165) is 19.1 Å². The zero-order valence-corrected chi connectivity index (χ0v) is 29.4. The number of phenolic OH excluding ortho intramolecular Hbond substituents is 2. The number of hydrogen-bond donors (Lipinski definition) is 8. The van der Waals surface area contributed by atoms with Gasteiger partial charge in [0, 0.05) is 24.6 Å². The van der Waals surface area contributed by atoms with Crippen molar-refractivity contribution in [3.05, 3.63) is 88.6 Å². The maximum Gasteiger partial charge on any atom is 0.510 e. The highest BCUT2D eigenvalue weighted by Gasteiger charge is 2.48. The van der Waals surface area contributed by atoms with Gasteiger partial charge in [-0.15, -0.1) is 0 Å². The van der Waals surface area contributed by atoms with Crippen molar-refractivity contribution < 1.29 is 83.3 Å². The molecule has 10 atom stereocenters. The van der Waals surface area contributed by atoms with E-state index >= 15 is 0 Å². The number of carbonyl (C=O) groups is 1. The molecule has 1 aliphatic carbocycles. The van der Waals surface area contributed by atoms with Crippen molar-refractivity contribution in [2.24, 2.45) is 0 Å². The third kappa shape index (κ3) is 9.10. The van der Waals surface area contributed by atoms with E-state index in [9.17, 15) is 55.2 Å². The van der Waals surface area contributed by atoms with Crippen LogP contribution in [0.15, 0.2) is 82.0 Å². The van der Waals surface area contributed by atoms with Crippen LogP contribution in [-0.4, -0.2) is 132 Å². The molecule has 3 aliphatic heterocycles. The lowest BCUT2D eigenvalue weighted by Crippen LogP contribution is -2.60. The molecule has 0 spiro atoms. The number of ether oxygens (including phenoxy) is 6. The zero-order chi connectivity index (χ0) is 40.3. The van der Waals surface area contributed by atoms with Crippen molar-refractivity contribution in [2.75, 3.05) is 13.2 Å². The fourth-order valence-electron chi connectivity index (χ4n) is 5.88. The lowest BCUT2D eigenvalue weighted by Gasteiger charge is -2.40. The second-order valence-corrected chi connectivity index (χ2v) is 13.0. The molecule has 2 saturated heterocycles. The minimum atomic E-state index is -1.87. The summed E-state index contributed by atoms with van der Waals surface area (Å²) in [5, 5.41) is 83.5. The van der Waals surface area contributed by atoms with Gasteiger partial charge in [0.25, 0.3) is 0 Å². The predicted octanol–water partition coefficient (Wildman–Crippen LogP) is -0.00890. The Balaban J connectivity index is 1.29. The SMILES string of the molecule is CC(=O)OC[C@H]1O[C@@H](Oc2cc(=O)cc3oc(-c4ccc(O)cc4)c(O[C@@H]4O[C@H](COC(=[OH+])C=Cc5ccc(O)cc5)[C@@H](O)[C@H](O)[C@H]4O)cc2-3)[C@H](O)[C@@H](O)[C@@H]1O. The number of esters is 2. The summed E-state index contributed by atoms with van der Waals surface area (Å²) in [5.74, 6) is -1.97. The number of rotatable bonds is 11. The summed E-state index contributed by atoms with van der Waals surface area (Å²) in [7, 11) is 0. The maximum atomic E-state index is 12.9. The van der Waals surface area contributed by atoms with Crippen LogP contribution in [0.25, 0.3) is 28.7 Å². The number of hydrogen-bond acceptors (Lipinski definition) is 17. The Bertz CT molecular complexity index is 2050. The van der Waals surface area contributed by atoms with Crippen LogP contribution < -0.4 is 14.9 Å². The van der Waals surface area contributed by atoms with Crippen molar-refractivity contribution in [2.45, 2.75) is 68.3 Å². The molecule has 4 aliphatic rings. The van der Waals surface area contributed by atoms with Gasteiger partial charge in [-0.3, -0.25) is 9.59 Å². The van der Waals surface area contributed by atoms with E-state index in [-0.39, 0.29) is 40.1 Å². The Hall–Kier alpha value is -5.57. The average Bonchev–Trinajstić information content (AvgIpc) is 3.17. The Kier molecular flexibility index (Phi) is 12.2. The van der Waals surface area contributed by atoms with Crippen LogP contribution in [0, 0.1) is 0 Å². The fraction of sp³-hybridized carbons (Fsp3) is 0.342. The van der Waals surface area contributed by atoms with Crippen LogP contribution in [0.2, 0.25) is 0 Å². The van der Waals surface area contributed by atoms with Gasteiger partial charge in [-0.1, -0.05) is 12.1 Å². The van der Waals surface area contributed by atoms with Gasteiger partial charge in [0.15, 0.2) is 23.0 Å². The first-order valence-corrected chi connectivity index (χ1v) is 17.1. The smallest absolute Gasteiger partial charge is 0.508 e. The van der Waals surface area contributed by atoms with E-state index in [1.54, 1.807) is 12.1 Å². The molecule has 0 amide bonds. The van der Waals surface area contributed by atoms with E-state index in [1.807, 2.05) is 0 Å². The zero-order valence-electron chi connectivity index (χ0n) is 29.4. The number of carbonyl (C=O) groups excluding carboxylic acids is 2. The molecule has 56 heavy (non-hydrogen) atoms. The standard InChI is InChI=1S/C38H38O18/c1-17(39)50-15-27-30(44)32(46)34(48)37(55-27)53-25-13-22(42)12-24-23(25)14-26(36(52-24)19-5-9-21(41)10-6-19)54-38-35(49)33(47)31(45)28(56-38)16-51-29(43)11-4-18-2-7-20(40)8-3-18/h2-14,27-28,30-35,37-38,40-41,44-49H,15-16H2,1H3/p+1/t27-,28-,30-,31-,32+,33+,34-,35-,37-,38-/m1/s1. The Morgan fingerprint density at radius 3 is 1.82 bits per heavy atom. The summed E-state index contributed by atoms with van der Waals surface area (Å²) >= 11 is 0. The third-order valence-electron chi connectivity index (χ3n) is 8.90. The van der Waals surface area contributed by atoms with Crippen LogP contribution in [0.5, 0.6) is 23.0 Å². The van der Waals surface area contributed by atoms with Gasteiger partial charge in [-0.2, -0.15) is 0 Å². The van der Waals surface area contributed by atoms with Gasteiger partial charge in [0.05, 0.1) is 11.6 Å². The normalized spacial score (nSPS) is 27.8. The monoisotopic (exact) mass is 783 g/mol. The highest BCUT2D eigenvalue weighted by atomic mass is 16.7. The number of benzene rings is 3. The molecule has 2 aromatic rings. The molecule has 18 nitrogen and oxygen atoms in total. The van der Waals surface area contributed by atoms with Gasteiger partial charge in [0.2, 0.25) is 19.2 Å². The molecule has 0 bridgehead atoms. The molecule has 2 aromatic carbocycles. The Morgan fingerprint density at radius 2 is 1.25 bits per heavy atom. The summed E-state index contributed by atoms with van der Waals surface area (Å²) in [6, 6.07) is 15.0. The lowest BCUT2D eigenvalue weighted by atomic mass is 9.99. The fourth-order valence-corrected chi connectivity index (χ4v) is 5.88. The largest absolute Gasteiger partial charge is 0.510 e. The number of aliphatic hydroxyl groups is 6. The number of phenols is 2. The number of aliphatic hydroxyl groups excluding tert-OH is 6. The first kappa shape index (κ1) is 40.1. The van der Waals surface area contributed by atoms with Crippen LogP contribution in [-0.2, 0) is 23.7 Å². The highest BCUT2D eigenvalue weighted by molar-refractivity contribution is 5.88. The third-order valence-corrected chi connectivity index (χ3v) is 8.90. The molecular formula is C38H39O18+. The number of fused-ring (bicyclic) bond motifs is 1. The summed E-state index contributed by atoms with van der Waals surface area (Å²) in [5.41, 5.74) is 0.292. The van der Waals surface area contributed by atoms with Gasteiger partial charge < -0.3 is 78.5 Å². The lowest BCUT2D eigenvalue weighted by molar-refractivity contribution is -0.278. The van der Waals surface area contributed by atoms with Crippen LogP contribution >= 0.6 is 0 Å². The molecular weight excluding hydrogens is 744 g/mol. The summed E-state index contributed by atoms with van der Waals surface area (Å²) < 4.78 is 39.7. The second-order valence-electron chi connectivity index (χ2n) is 13.0. The average molecular weight is 784 g/mol. The summed E-state index contributed by atoms with van der Waals surface area (Å²) in [4.78, 5) is 34.5. The van der Waals surface area contributed by atoms with Crippen molar-refractivity contribution in [3.8, 4) is 45.6 Å². The molecule has 0 radical (unpaired) electrons. The Labute approximate surface area is 316 Å². The van der Waals surface area contributed by atoms with Gasteiger partial charge in [0.1, 0.15) is 72.3 Å². The van der Waals surface area contributed by atoms with E-state index in [0.29, 0.717) is 11.1 Å². The van der Waals surface area contributed by atoms with Gasteiger partial charge in [-0.05, 0) is 54.1 Å². The van der Waals surface area contributed by atoms with Crippen molar-refractivity contribution in [1.29, 1.82) is 0 Å². The predicted molar refractivity (Wildman–Crippen MR) is 190 cm³/mol. The Morgan fingerprint density at radius 1 is 0.714 bits per heavy atom. The minimum Gasteiger partial charge on any atom is -0.508 e. The molecule has 2 fully saturated rings. The minimum absolute atomic E-state index is 0.0146. The van der Waals surface area contributed by atoms with Crippen molar-refractivity contribution in [3.63, 3.8) is 0 Å². The van der Waals surface area contributed by atoms with Crippen LogP contribution in [0.1, 0.15) is 12.5 Å². The van der Waals surface area contributed by atoms with Crippen molar-refractivity contribution in [1.82, 2.24) is 0 Å². The van der Waals surface area contributed by atoms with Crippen molar-refractivity contribution >= 4 is 18.0 Å². The molecule has 18 heteroatoms. The molecule has 0 aromatic heterocycles. The summed E-state index contributed by atoms with van der Waals surface area (Å²) in [6.07, 6.45) is -14.3. The van der Waals surface area contributed by atoms with Gasteiger partial charge >= 0.3 is 11.9 Å². The van der Waals surface area contributed by atoms with Crippen LogP contribution in [0.4, 0.5) is 0 Å².